The van der Waals surface area contributed by atoms with Crippen LogP contribution in [-0.2, 0) is 0 Å². The van der Waals surface area contributed by atoms with E-state index >= 15 is 0 Å². The fourth-order valence-corrected chi connectivity index (χ4v) is 1.72. The van der Waals surface area contributed by atoms with E-state index in [0.717, 1.165) is 18.4 Å². The van der Waals surface area contributed by atoms with Gasteiger partial charge in [0.1, 0.15) is 11.6 Å². The molecule has 2 nitrogen and oxygen atoms in total. The van der Waals surface area contributed by atoms with Crippen molar-refractivity contribution in [3.05, 3.63) is 29.6 Å². The van der Waals surface area contributed by atoms with Gasteiger partial charge in [-0.1, -0.05) is 32.3 Å². The Hall–Kier alpha value is -1.09. The lowest BCUT2D eigenvalue weighted by Gasteiger charge is -2.14. The van der Waals surface area contributed by atoms with Crippen LogP contribution in [0, 0.1) is 5.82 Å². The van der Waals surface area contributed by atoms with Gasteiger partial charge in [-0.15, -0.1) is 0 Å². The van der Waals surface area contributed by atoms with Gasteiger partial charge in [-0.05, 0) is 19.4 Å². The summed E-state index contributed by atoms with van der Waals surface area (Å²) in [6.45, 7) is 4.67. The maximum absolute atomic E-state index is 13.1. The minimum atomic E-state index is -0.280. The fraction of sp³-hybridized carbons (Fsp3) is 0.571. The van der Waals surface area contributed by atoms with Gasteiger partial charge in [0.15, 0.2) is 0 Å². The second-order valence-corrected chi connectivity index (χ2v) is 4.38. The number of rotatable bonds is 7. The molecule has 0 aliphatic carbocycles. The molecule has 0 spiro atoms. The number of nitrogens with two attached hydrogens (primary N) is 1. The Morgan fingerprint density at radius 3 is 2.71 bits per heavy atom. The predicted molar refractivity (Wildman–Crippen MR) is 68.6 cm³/mol. The van der Waals surface area contributed by atoms with Gasteiger partial charge in [-0.2, -0.15) is 0 Å². The van der Waals surface area contributed by atoms with Gasteiger partial charge >= 0.3 is 0 Å². The molecule has 0 fully saturated rings. The molecular weight excluding hydrogens is 217 g/mol. The van der Waals surface area contributed by atoms with E-state index in [2.05, 4.69) is 6.92 Å². The minimum Gasteiger partial charge on any atom is -0.493 e. The van der Waals surface area contributed by atoms with Crippen molar-refractivity contribution in [1.82, 2.24) is 0 Å². The molecule has 0 saturated heterocycles. The van der Waals surface area contributed by atoms with E-state index in [-0.39, 0.29) is 11.9 Å². The molecular formula is C14H22FNO. The van der Waals surface area contributed by atoms with Crippen LogP contribution >= 0.6 is 0 Å². The van der Waals surface area contributed by atoms with E-state index in [1.165, 1.54) is 25.0 Å². The van der Waals surface area contributed by atoms with Gasteiger partial charge in [-0.3, -0.25) is 0 Å². The predicted octanol–water partition coefficient (Wildman–Crippen LogP) is 3.80. The third-order valence-electron chi connectivity index (χ3n) is 2.72. The van der Waals surface area contributed by atoms with Crippen LogP contribution in [0.15, 0.2) is 18.2 Å². The van der Waals surface area contributed by atoms with Crippen LogP contribution < -0.4 is 10.5 Å². The molecule has 2 N–H and O–H groups in total. The van der Waals surface area contributed by atoms with Crippen molar-refractivity contribution in [2.75, 3.05) is 6.61 Å². The molecule has 0 amide bonds. The van der Waals surface area contributed by atoms with E-state index in [1.807, 2.05) is 6.92 Å². The molecule has 0 aliphatic rings. The topological polar surface area (TPSA) is 35.2 Å². The summed E-state index contributed by atoms with van der Waals surface area (Å²) in [6.07, 6.45) is 4.57. The van der Waals surface area contributed by atoms with Crippen molar-refractivity contribution in [3.8, 4) is 5.75 Å². The maximum atomic E-state index is 13.1. The molecule has 0 radical (unpaired) electrons. The minimum absolute atomic E-state index is 0.138. The number of unbranched alkanes of at least 4 members (excludes halogenated alkanes) is 3. The average Bonchev–Trinajstić information content (AvgIpc) is 2.28. The van der Waals surface area contributed by atoms with Crippen LogP contribution in [0.3, 0.4) is 0 Å². The summed E-state index contributed by atoms with van der Waals surface area (Å²) in [5.74, 6) is 0.300. The number of ether oxygens (including phenoxy) is 1. The first kappa shape index (κ1) is 14.0. The summed E-state index contributed by atoms with van der Waals surface area (Å²) >= 11 is 0. The van der Waals surface area contributed by atoms with Gasteiger partial charge in [-0.25, -0.2) is 4.39 Å². The number of benzene rings is 1. The second kappa shape index (κ2) is 7.28. The average molecular weight is 239 g/mol. The molecule has 1 rings (SSSR count). The molecule has 1 unspecified atom stereocenters. The van der Waals surface area contributed by atoms with Crippen molar-refractivity contribution in [1.29, 1.82) is 0 Å². The zero-order valence-corrected chi connectivity index (χ0v) is 10.7. The monoisotopic (exact) mass is 239 g/mol. The maximum Gasteiger partial charge on any atom is 0.126 e. The molecule has 0 heterocycles. The lowest BCUT2D eigenvalue weighted by atomic mass is 10.1. The summed E-state index contributed by atoms with van der Waals surface area (Å²) in [6, 6.07) is 4.39. The summed E-state index contributed by atoms with van der Waals surface area (Å²) in [5.41, 5.74) is 6.68. The first-order valence-electron chi connectivity index (χ1n) is 6.33. The largest absolute Gasteiger partial charge is 0.493 e. The first-order valence-corrected chi connectivity index (χ1v) is 6.33. The quantitative estimate of drug-likeness (QED) is 0.734. The van der Waals surface area contributed by atoms with Crippen LogP contribution in [0.4, 0.5) is 4.39 Å². The van der Waals surface area contributed by atoms with Crippen molar-refractivity contribution in [3.63, 3.8) is 0 Å². The van der Waals surface area contributed by atoms with Crippen LogP contribution in [0.25, 0.3) is 0 Å². The highest BCUT2D eigenvalue weighted by molar-refractivity contribution is 5.36. The van der Waals surface area contributed by atoms with Gasteiger partial charge in [0.2, 0.25) is 0 Å². The number of hydrogen-bond donors (Lipinski definition) is 1. The highest BCUT2D eigenvalue weighted by Crippen LogP contribution is 2.25. The van der Waals surface area contributed by atoms with Crippen molar-refractivity contribution >= 4 is 0 Å². The van der Waals surface area contributed by atoms with Crippen LogP contribution in [0.5, 0.6) is 5.75 Å². The van der Waals surface area contributed by atoms with Crippen molar-refractivity contribution in [2.24, 2.45) is 5.73 Å². The third kappa shape index (κ3) is 4.73. The Morgan fingerprint density at radius 2 is 2.06 bits per heavy atom. The summed E-state index contributed by atoms with van der Waals surface area (Å²) in [4.78, 5) is 0. The molecule has 0 aromatic heterocycles. The molecule has 3 heteroatoms. The van der Waals surface area contributed by atoms with E-state index in [9.17, 15) is 4.39 Å². The van der Waals surface area contributed by atoms with Crippen LogP contribution in [-0.4, -0.2) is 6.61 Å². The second-order valence-electron chi connectivity index (χ2n) is 4.38. The third-order valence-corrected chi connectivity index (χ3v) is 2.72. The number of hydrogen-bond acceptors (Lipinski definition) is 2. The van der Waals surface area contributed by atoms with E-state index in [1.54, 1.807) is 6.07 Å². The Morgan fingerprint density at radius 1 is 1.29 bits per heavy atom. The molecule has 0 saturated carbocycles. The lowest BCUT2D eigenvalue weighted by molar-refractivity contribution is 0.299. The van der Waals surface area contributed by atoms with Crippen molar-refractivity contribution in [2.45, 2.75) is 45.6 Å². The normalized spacial score (nSPS) is 12.5. The standard InChI is InChI=1S/C14H22FNO/c1-3-4-5-6-9-17-14-10-12(15)7-8-13(14)11(2)16/h7-8,10-11H,3-6,9,16H2,1-2H3. The SMILES string of the molecule is CCCCCCOc1cc(F)ccc1C(C)N. The van der Waals surface area contributed by atoms with Gasteiger partial charge < -0.3 is 10.5 Å². The molecule has 1 aromatic carbocycles. The van der Waals surface area contributed by atoms with E-state index < -0.39 is 0 Å². The zero-order chi connectivity index (χ0) is 12.7. The summed E-state index contributed by atoms with van der Waals surface area (Å²) < 4.78 is 18.7. The highest BCUT2D eigenvalue weighted by Gasteiger charge is 2.09. The van der Waals surface area contributed by atoms with Crippen LogP contribution in [0.1, 0.15) is 51.1 Å². The lowest BCUT2D eigenvalue weighted by Crippen LogP contribution is -2.09. The van der Waals surface area contributed by atoms with E-state index in [4.69, 9.17) is 10.5 Å². The Bertz CT molecular complexity index is 339. The van der Waals surface area contributed by atoms with Gasteiger partial charge in [0.05, 0.1) is 6.61 Å². The molecule has 0 aliphatic heterocycles. The Kier molecular flexibility index (Phi) is 5.98. The zero-order valence-electron chi connectivity index (χ0n) is 10.7. The highest BCUT2D eigenvalue weighted by atomic mass is 19.1. The summed E-state index contributed by atoms with van der Waals surface area (Å²) in [7, 11) is 0. The van der Waals surface area contributed by atoms with Crippen molar-refractivity contribution < 1.29 is 9.13 Å². The first-order chi connectivity index (χ1) is 8.15. The molecule has 1 aromatic rings. The molecule has 17 heavy (non-hydrogen) atoms. The molecule has 0 bridgehead atoms. The smallest absolute Gasteiger partial charge is 0.126 e. The Labute approximate surface area is 103 Å². The van der Waals surface area contributed by atoms with Gasteiger partial charge in [0.25, 0.3) is 0 Å². The number of halogens is 1. The van der Waals surface area contributed by atoms with Gasteiger partial charge in [0, 0.05) is 17.7 Å². The molecule has 96 valence electrons. The summed E-state index contributed by atoms with van der Waals surface area (Å²) in [5, 5.41) is 0. The molecule has 1 atom stereocenters. The van der Waals surface area contributed by atoms with E-state index in [0.29, 0.717) is 12.4 Å². The van der Waals surface area contributed by atoms with Crippen LogP contribution in [0.2, 0.25) is 0 Å². The fourth-order valence-electron chi connectivity index (χ4n) is 1.72. The Balaban J connectivity index is 2.53.